The molecule has 3 unspecified atom stereocenters. The van der Waals surface area contributed by atoms with E-state index in [-0.39, 0.29) is 49.6 Å². The molecule has 0 aromatic heterocycles. The van der Waals surface area contributed by atoms with Crippen molar-refractivity contribution in [1.82, 2.24) is 15.1 Å². The van der Waals surface area contributed by atoms with Gasteiger partial charge in [0, 0.05) is 37.6 Å². The molecule has 9 nitrogen and oxygen atoms in total. The number of fused-ring (bicyclic) bond motifs is 1. The Hall–Kier alpha value is -2.36. The van der Waals surface area contributed by atoms with Gasteiger partial charge >= 0.3 is 5.97 Å². The third-order valence-corrected chi connectivity index (χ3v) is 8.37. The molecular weight excluding hydrogens is 486 g/mol. The first kappa shape index (κ1) is 28.6. The second-order valence-corrected chi connectivity index (χ2v) is 11.0. The maximum atomic E-state index is 13.5. The molecule has 3 aliphatic rings. The Bertz CT molecular complexity index is 940. The minimum Gasteiger partial charge on any atom is -0.481 e. The molecule has 3 aliphatic heterocycles. The summed E-state index contributed by atoms with van der Waals surface area (Å²) in [5.74, 6) is -0.311. The van der Waals surface area contributed by atoms with E-state index in [1.165, 1.54) is 0 Å². The number of aliphatic carboxylic acids is 1. The van der Waals surface area contributed by atoms with Gasteiger partial charge < -0.3 is 24.2 Å². The van der Waals surface area contributed by atoms with Crippen LogP contribution in [0.1, 0.15) is 77.7 Å². The first-order chi connectivity index (χ1) is 18.3. The summed E-state index contributed by atoms with van der Waals surface area (Å²) in [6, 6.07) is 5.68. The molecule has 2 saturated heterocycles. The number of nitrogens with one attached hydrogen (secondary N) is 1. The van der Waals surface area contributed by atoms with Crippen LogP contribution in [0.25, 0.3) is 0 Å². The molecule has 4 rings (SSSR count). The van der Waals surface area contributed by atoms with E-state index in [2.05, 4.69) is 37.9 Å². The number of benzene rings is 1. The second-order valence-electron chi connectivity index (χ2n) is 11.0. The average Bonchev–Trinajstić information content (AvgIpc) is 3.59. The summed E-state index contributed by atoms with van der Waals surface area (Å²) in [5, 5.41) is 13.9. The van der Waals surface area contributed by atoms with Gasteiger partial charge in [-0.15, -0.1) is 0 Å². The number of rotatable bonds is 13. The minimum absolute atomic E-state index is 0.0878. The number of hydrogen-bond donors (Lipinski definition) is 2. The van der Waals surface area contributed by atoms with Crippen molar-refractivity contribution in [1.29, 1.82) is 0 Å². The molecule has 1 amide bonds. The summed E-state index contributed by atoms with van der Waals surface area (Å²) in [6.45, 7) is 10.8. The molecular formula is C29H45N3O6. The summed E-state index contributed by atoms with van der Waals surface area (Å²) >= 11 is 0. The van der Waals surface area contributed by atoms with Crippen LogP contribution < -0.4 is 14.8 Å². The SMILES string of the molecule is CCCCN(CCCC)C(=O)CN1C[C@H](c2ccc3c(c2)OCO3)[C@@H](C(=O)O)[C@@H]1CCC1NC(C)C(C)O1. The van der Waals surface area contributed by atoms with Crippen LogP contribution >= 0.6 is 0 Å². The first-order valence-corrected chi connectivity index (χ1v) is 14.4. The first-order valence-electron chi connectivity index (χ1n) is 14.4. The molecule has 0 aliphatic carbocycles. The number of carbonyl (C=O) groups is 2. The van der Waals surface area contributed by atoms with Gasteiger partial charge in [0.2, 0.25) is 12.7 Å². The van der Waals surface area contributed by atoms with E-state index in [0.717, 1.165) is 44.3 Å². The van der Waals surface area contributed by atoms with Gasteiger partial charge in [0.15, 0.2) is 11.5 Å². The Morgan fingerprint density at radius 1 is 1.08 bits per heavy atom. The highest BCUT2D eigenvalue weighted by Crippen LogP contribution is 2.43. The van der Waals surface area contributed by atoms with E-state index < -0.39 is 11.9 Å². The van der Waals surface area contributed by atoms with Crippen molar-refractivity contribution in [3.8, 4) is 11.5 Å². The van der Waals surface area contributed by atoms with E-state index in [1.54, 1.807) is 0 Å². The number of likely N-dealkylation sites (tertiary alicyclic amines) is 1. The van der Waals surface area contributed by atoms with E-state index in [1.807, 2.05) is 23.1 Å². The Kier molecular flexibility index (Phi) is 9.90. The van der Waals surface area contributed by atoms with E-state index in [0.29, 0.717) is 30.9 Å². The highest BCUT2D eigenvalue weighted by atomic mass is 16.7. The fraction of sp³-hybridized carbons (Fsp3) is 0.724. The number of amides is 1. The number of hydrogen-bond acceptors (Lipinski definition) is 7. The van der Waals surface area contributed by atoms with Gasteiger partial charge in [-0.25, -0.2) is 0 Å². The van der Waals surface area contributed by atoms with Gasteiger partial charge in [0.1, 0.15) is 6.23 Å². The molecule has 3 heterocycles. The third-order valence-electron chi connectivity index (χ3n) is 8.37. The second kappa shape index (κ2) is 13.1. The lowest BCUT2D eigenvalue weighted by atomic mass is 9.83. The quantitative estimate of drug-likeness (QED) is 0.396. The average molecular weight is 532 g/mol. The molecule has 38 heavy (non-hydrogen) atoms. The van der Waals surface area contributed by atoms with E-state index in [4.69, 9.17) is 14.2 Å². The maximum absolute atomic E-state index is 13.5. The lowest BCUT2D eigenvalue weighted by molar-refractivity contribution is -0.144. The maximum Gasteiger partial charge on any atom is 0.308 e. The van der Waals surface area contributed by atoms with Crippen LogP contribution in [0.5, 0.6) is 11.5 Å². The standard InChI is InChI=1S/C29H45N3O6/c1-5-7-13-31(14-8-6-2)27(33)17-32-16-22(21-9-11-24-25(15-21)37-18-36-24)28(29(34)35)23(32)10-12-26-30-19(3)20(4)38-26/h9,11,15,19-20,22-23,26,28,30H,5-8,10,12-14,16-18H2,1-4H3,(H,34,35)/t19?,20?,22-,23+,26?,28-/m1/s1. The van der Waals surface area contributed by atoms with Crippen LogP contribution in [0.2, 0.25) is 0 Å². The monoisotopic (exact) mass is 531 g/mol. The predicted octanol–water partition coefficient (Wildman–Crippen LogP) is 3.82. The van der Waals surface area contributed by atoms with Crippen molar-refractivity contribution < 1.29 is 28.9 Å². The predicted molar refractivity (Wildman–Crippen MR) is 144 cm³/mol. The van der Waals surface area contributed by atoms with Gasteiger partial charge in [0.05, 0.1) is 18.6 Å². The molecule has 9 heteroatoms. The number of unbranched alkanes of at least 4 members (excludes halogenated alkanes) is 2. The number of ether oxygens (including phenoxy) is 3. The Labute approximate surface area is 226 Å². The summed E-state index contributed by atoms with van der Waals surface area (Å²) in [4.78, 5) is 30.4. The Morgan fingerprint density at radius 3 is 2.42 bits per heavy atom. The van der Waals surface area contributed by atoms with Crippen molar-refractivity contribution in [2.24, 2.45) is 5.92 Å². The third kappa shape index (κ3) is 6.61. The molecule has 1 aromatic rings. The number of carbonyl (C=O) groups excluding carboxylic acids is 1. The van der Waals surface area contributed by atoms with Crippen LogP contribution in [0.3, 0.4) is 0 Å². The highest BCUT2D eigenvalue weighted by molar-refractivity contribution is 5.79. The van der Waals surface area contributed by atoms with Gasteiger partial charge in [-0.2, -0.15) is 0 Å². The molecule has 6 atom stereocenters. The van der Waals surface area contributed by atoms with Crippen LogP contribution in [-0.2, 0) is 14.3 Å². The van der Waals surface area contributed by atoms with Crippen LogP contribution in [0.15, 0.2) is 18.2 Å². The lowest BCUT2D eigenvalue weighted by Crippen LogP contribution is -2.45. The van der Waals surface area contributed by atoms with Crippen molar-refractivity contribution in [2.45, 2.75) is 96.6 Å². The molecule has 0 saturated carbocycles. The summed E-state index contributed by atoms with van der Waals surface area (Å²) in [6.07, 6.45) is 5.32. The molecule has 212 valence electrons. The van der Waals surface area contributed by atoms with Crippen molar-refractivity contribution in [3.05, 3.63) is 23.8 Å². The highest BCUT2D eigenvalue weighted by Gasteiger charge is 2.47. The topological polar surface area (TPSA) is 101 Å². The van der Waals surface area contributed by atoms with Crippen LogP contribution in [0.4, 0.5) is 0 Å². The Morgan fingerprint density at radius 2 is 1.79 bits per heavy atom. The molecule has 0 radical (unpaired) electrons. The molecule has 0 bridgehead atoms. The zero-order valence-electron chi connectivity index (χ0n) is 23.4. The fourth-order valence-electron chi connectivity index (χ4n) is 5.99. The molecule has 2 N–H and O–H groups in total. The smallest absolute Gasteiger partial charge is 0.308 e. The van der Waals surface area contributed by atoms with Crippen LogP contribution in [0, 0.1) is 5.92 Å². The fourth-order valence-corrected chi connectivity index (χ4v) is 5.99. The zero-order chi connectivity index (χ0) is 27.2. The van der Waals surface area contributed by atoms with Crippen molar-refractivity contribution in [3.63, 3.8) is 0 Å². The van der Waals surface area contributed by atoms with Gasteiger partial charge in [-0.05, 0) is 57.2 Å². The number of nitrogens with zero attached hydrogens (tertiary/aromatic N) is 2. The zero-order valence-corrected chi connectivity index (χ0v) is 23.4. The van der Waals surface area contributed by atoms with Crippen molar-refractivity contribution >= 4 is 11.9 Å². The summed E-state index contributed by atoms with van der Waals surface area (Å²) in [7, 11) is 0. The Balaban J connectivity index is 1.56. The normalized spacial score (nSPS) is 28.6. The lowest BCUT2D eigenvalue weighted by Gasteiger charge is -2.30. The number of carboxylic acid groups (broad SMARTS) is 1. The van der Waals surface area contributed by atoms with Gasteiger partial charge in [-0.3, -0.25) is 19.8 Å². The van der Waals surface area contributed by atoms with Gasteiger partial charge in [0.25, 0.3) is 0 Å². The molecule has 2 fully saturated rings. The summed E-state index contributed by atoms with van der Waals surface area (Å²) < 4.78 is 17.1. The molecule has 0 spiro atoms. The summed E-state index contributed by atoms with van der Waals surface area (Å²) in [5.41, 5.74) is 0.910. The van der Waals surface area contributed by atoms with E-state index in [9.17, 15) is 14.7 Å². The van der Waals surface area contributed by atoms with Crippen molar-refractivity contribution in [2.75, 3.05) is 33.0 Å². The number of carboxylic acids is 1. The molecule has 1 aromatic carbocycles. The van der Waals surface area contributed by atoms with Gasteiger partial charge in [-0.1, -0.05) is 32.8 Å². The minimum atomic E-state index is -0.830. The van der Waals surface area contributed by atoms with Crippen LogP contribution in [-0.4, -0.2) is 84.2 Å². The largest absolute Gasteiger partial charge is 0.481 e. The van der Waals surface area contributed by atoms with E-state index >= 15 is 0 Å².